The molecule has 4 atom stereocenters. The summed E-state index contributed by atoms with van der Waals surface area (Å²) < 4.78 is 17.0. The van der Waals surface area contributed by atoms with Gasteiger partial charge in [0.2, 0.25) is 5.91 Å². The largest absolute Gasteiger partial charge is 0.480 e. The van der Waals surface area contributed by atoms with Gasteiger partial charge in [0.25, 0.3) is 0 Å². The first-order valence-electron chi connectivity index (χ1n) is 13.8. The summed E-state index contributed by atoms with van der Waals surface area (Å²) >= 11 is 0. The number of fused-ring (bicyclic) bond motifs is 3. The zero-order valence-electron chi connectivity index (χ0n) is 22.8. The van der Waals surface area contributed by atoms with Crippen LogP contribution in [-0.4, -0.2) is 61.1 Å². The SMILES string of the molecule is C[C@@H](OCc1ccccc1)[C@H](NC(=O)[C@@H]1CO[C@H](CNC(=O)OCC2c3ccccc3-c3ccccc32)C1)C(=O)O. The number of alkyl carbamates (subject to hydrolysis) is 1. The van der Waals surface area contributed by atoms with Crippen LogP contribution in [0.3, 0.4) is 0 Å². The molecule has 0 bridgehead atoms. The van der Waals surface area contributed by atoms with Crippen LogP contribution in [0.25, 0.3) is 11.1 Å². The molecule has 0 radical (unpaired) electrons. The lowest BCUT2D eigenvalue weighted by Crippen LogP contribution is -2.50. The standard InChI is InChI=1S/C32H34N2O7/c1-20(39-17-21-9-3-2-4-10-21)29(31(36)37)34-30(35)22-15-23(40-18-22)16-33-32(38)41-19-28-26-13-7-5-11-24(26)25-12-6-8-14-27(25)28/h2-14,20,22-23,28-29H,15-19H2,1H3,(H,33,38)(H,34,35)(H,36,37)/t20-,22+,23+,29+/m1/s1. The minimum absolute atomic E-state index is 0.0369. The van der Waals surface area contributed by atoms with Crippen molar-refractivity contribution in [3.63, 3.8) is 0 Å². The molecular weight excluding hydrogens is 524 g/mol. The first-order chi connectivity index (χ1) is 19.9. The third-order valence-corrected chi connectivity index (χ3v) is 7.66. The highest BCUT2D eigenvalue weighted by atomic mass is 16.5. The Labute approximate surface area is 238 Å². The number of carboxylic acids is 1. The van der Waals surface area contributed by atoms with E-state index in [1.54, 1.807) is 6.92 Å². The molecule has 3 aromatic rings. The molecule has 3 aromatic carbocycles. The van der Waals surface area contributed by atoms with E-state index in [-0.39, 0.29) is 38.4 Å². The number of carboxylic acid groups (broad SMARTS) is 1. The molecule has 0 aromatic heterocycles. The summed E-state index contributed by atoms with van der Waals surface area (Å²) in [6.07, 6.45) is -1.34. The second-order valence-corrected chi connectivity index (χ2v) is 10.4. The molecule has 0 unspecified atom stereocenters. The molecule has 2 aliphatic rings. The van der Waals surface area contributed by atoms with Crippen LogP contribution in [0.1, 0.15) is 36.0 Å². The van der Waals surface area contributed by atoms with Gasteiger partial charge < -0.3 is 30.0 Å². The third kappa shape index (κ3) is 6.75. The molecule has 1 fully saturated rings. The number of nitrogens with one attached hydrogen (secondary N) is 2. The van der Waals surface area contributed by atoms with Crippen LogP contribution >= 0.6 is 0 Å². The number of amides is 2. The lowest BCUT2D eigenvalue weighted by atomic mass is 9.98. The summed E-state index contributed by atoms with van der Waals surface area (Å²) in [7, 11) is 0. The Balaban J connectivity index is 1.06. The molecule has 1 aliphatic carbocycles. The lowest BCUT2D eigenvalue weighted by Gasteiger charge is -2.23. The van der Waals surface area contributed by atoms with Crippen LogP contribution in [0.5, 0.6) is 0 Å². The Morgan fingerprint density at radius 1 is 0.951 bits per heavy atom. The van der Waals surface area contributed by atoms with E-state index in [9.17, 15) is 19.5 Å². The number of aliphatic carboxylic acids is 1. The van der Waals surface area contributed by atoms with E-state index in [1.807, 2.05) is 54.6 Å². The summed E-state index contributed by atoms with van der Waals surface area (Å²) in [4.78, 5) is 37.2. The van der Waals surface area contributed by atoms with Crippen LogP contribution in [0, 0.1) is 5.92 Å². The number of hydrogen-bond donors (Lipinski definition) is 3. The maximum atomic E-state index is 12.9. The van der Waals surface area contributed by atoms with E-state index in [2.05, 4.69) is 34.9 Å². The van der Waals surface area contributed by atoms with Gasteiger partial charge in [-0.25, -0.2) is 9.59 Å². The van der Waals surface area contributed by atoms with Gasteiger partial charge in [-0.05, 0) is 41.2 Å². The van der Waals surface area contributed by atoms with Gasteiger partial charge in [0.15, 0.2) is 6.04 Å². The highest BCUT2D eigenvalue weighted by Crippen LogP contribution is 2.44. The third-order valence-electron chi connectivity index (χ3n) is 7.66. The maximum absolute atomic E-state index is 12.9. The molecule has 0 spiro atoms. The van der Waals surface area contributed by atoms with Crippen LogP contribution in [0.2, 0.25) is 0 Å². The second-order valence-electron chi connectivity index (χ2n) is 10.4. The van der Waals surface area contributed by atoms with E-state index in [0.717, 1.165) is 27.8 Å². The van der Waals surface area contributed by atoms with Gasteiger partial charge in [-0.1, -0.05) is 78.9 Å². The smallest absolute Gasteiger partial charge is 0.407 e. The fraction of sp³-hybridized carbons (Fsp3) is 0.344. The molecule has 1 heterocycles. The van der Waals surface area contributed by atoms with Gasteiger partial charge in [-0.15, -0.1) is 0 Å². The highest BCUT2D eigenvalue weighted by molar-refractivity contribution is 5.85. The van der Waals surface area contributed by atoms with Gasteiger partial charge in [0.05, 0.1) is 31.3 Å². The summed E-state index contributed by atoms with van der Waals surface area (Å²) in [6.45, 7) is 2.37. The number of hydrogen-bond acceptors (Lipinski definition) is 6. The molecule has 2 amide bonds. The Bertz CT molecular complexity index is 1330. The fourth-order valence-electron chi connectivity index (χ4n) is 5.43. The van der Waals surface area contributed by atoms with Gasteiger partial charge in [-0.2, -0.15) is 0 Å². The quantitative estimate of drug-likeness (QED) is 0.324. The van der Waals surface area contributed by atoms with E-state index in [0.29, 0.717) is 6.42 Å². The summed E-state index contributed by atoms with van der Waals surface area (Å²) in [5, 5.41) is 15.0. The number of rotatable bonds is 11. The van der Waals surface area contributed by atoms with Crippen molar-refractivity contribution in [3.05, 3.63) is 95.6 Å². The minimum Gasteiger partial charge on any atom is -0.480 e. The summed E-state index contributed by atoms with van der Waals surface area (Å²) in [5.74, 6) is -2.17. The molecule has 3 N–H and O–H groups in total. The number of benzene rings is 3. The summed E-state index contributed by atoms with van der Waals surface area (Å²) in [6, 6.07) is 24.4. The molecule has 41 heavy (non-hydrogen) atoms. The molecule has 5 rings (SSSR count). The number of carbonyl (C=O) groups excluding carboxylic acids is 2. The van der Waals surface area contributed by atoms with Crippen LogP contribution in [0.15, 0.2) is 78.9 Å². The first-order valence-corrected chi connectivity index (χ1v) is 13.8. The van der Waals surface area contributed by atoms with Crippen LogP contribution in [-0.2, 0) is 30.4 Å². The van der Waals surface area contributed by atoms with E-state index >= 15 is 0 Å². The van der Waals surface area contributed by atoms with Gasteiger partial charge in [-0.3, -0.25) is 4.79 Å². The molecule has 0 saturated carbocycles. The molecule has 214 valence electrons. The van der Waals surface area contributed by atoms with Crippen molar-refractivity contribution in [2.24, 2.45) is 5.92 Å². The normalized spacial score (nSPS) is 19.0. The monoisotopic (exact) mass is 558 g/mol. The zero-order chi connectivity index (χ0) is 28.8. The maximum Gasteiger partial charge on any atom is 0.407 e. The van der Waals surface area contributed by atoms with Crippen molar-refractivity contribution in [1.82, 2.24) is 10.6 Å². The summed E-state index contributed by atoms with van der Waals surface area (Å²) in [5.41, 5.74) is 5.49. The van der Waals surface area contributed by atoms with Gasteiger partial charge in [0, 0.05) is 12.5 Å². The topological polar surface area (TPSA) is 123 Å². The molecule has 9 heteroatoms. The van der Waals surface area contributed by atoms with Crippen molar-refractivity contribution in [3.8, 4) is 11.1 Å². The van der Waals surface area contributed by atoms with E-state index in [1.165, 1.54) is 0 Å². The Kier molecular flexibility index (Phi) is 8.96. The van der Waals surface area contributed by atoms with Gasteiger partial charge in [0.1, 0.15) is 6.61 Å². The number of ether oxygens (including phenoxy) is 3. The zero-order valence-corrected chi connectivity index (χ0v) is 22.8. The highest BCUT2D eigenvalue weighted by Gasteiger charge is 2.35. The Hall–Kier alpha value is -4.21. The van der Waals surface area contributed by atoms with E-state index < -0.39 is 36.0 Å². The van der Waals surface area contributed by atoms with Crippen molar-refractivity contribution in [2.45, 2.75) is 44.1 Å². The second kappa shape index (κ2) is 13.0. The number of carbonyl (C=O) groups is 3. The van der Waals surface area contributed by atoms with Crippen LogP contribution < -0.4 is 10.6 Å². The lowest BCUT2D eigenvalue weighted by molar-refractivity contribution is -0.147. The Morgan fingerprint density at radius 2 is 1.59 bits per heavy atom. The van der Waals surface area contributed by atoms with Crippen molar-refractivity contribution < 1.29 is 33.7 Å². The van der Waals surface area contributed by atoms with Crippen molar-refractivity contribution in [2.75, 3.05) is 19.8 Å². The fourth-order valence-corrected chi connectivity index (χ4v) is 5.43. The Morgan fingerprint density at radius 3 is 2.24 bits per heavy atom. The van der Waals surface area contributed by atoms with Crippen molar-refractivity contribution >= 4 is 18.0 Å². The first kappa shape index (κ1) is 28.3. The molecule has 1 saturated heterocycles. The molecule has 1 aliphatic heterocycles. The van der Waals surface area contributed by atoms with Crippen LogP contribution in [0.4, 0.5) is 4.79 Å². The van der Waals surface area contributed by atoms with E-state index in [4.69, 9.17) is 14.2 Å². The minimum atomic E-state index is -1.20. The van der Waals surface area contributed by atoms with Crippen molar-refractivity contribution in [1.29, 1.82) is 0 Å². The molecular formula is C32H34N2O7. The molecule has 9 nitrogen and oxygen atoms in total. The average molecular weight is 559 g/mol. The predicted octanol–water partition coefficient (Wildman–Crippen LogP) is 4.10. The van der Waals surface area contributed by atoms with Gasteiger partial charge >= 0.3 is 12.1 Å². The average Bonchev–Trinajstić information content (AvgIpc) is 3.60. The predicted molar refractivity (Wildman–Crippen MR) is 151 cm³/mol.